The van der Waals surface area contributed by atoms with Crippen LogP contribution in [0, 0.1) is 13.8 Å². The summed E-state index contributed by atoms with van der Waals surface area (Å²) in [5.74, 6) is 1.65. The Morgan fingerprint density at radius 3 is 2.78 bits per heavy atom. The molecule has 0 saturated carbocycles. The largest absolute Gasteiger partial charge is 0.493 e. The number of carbonyl (C=O) groups excluding carboxylic acids is 1. The fraction of sp³-hybridized carbons (Fsp3) is 0.261. The van der Waals surface area contributed by atoms with Gasteiger partial charge in [0.1, 0.15) is 0 Å². The van der Waals surface area contributed by atoms with E-state index in [1.165, 1.54) is 17.3 Å². The van der Waals surface area contributed by atoms with Crippen molar-refractivity contribution in [2.75, 3.05) is 20.0 Å². The second-order valence-electron chi connectivity index (χ2n) is 7.23. The molecule has 0 atom stereocenters. The molecule has 1 amide bonds. The van der Waals surface area contributed by atoms with Gasteiger partial charge in [-0.05, 0) is 43.7 Å². The highest BCUT2D eigenvalue weighted by atomic mass is 32.2. The number of nitrogens with zero attached hydrogens (tertiary/aromatic N) is 2. The number of aromatic amines is 1. The molecular weight excluding hydrogens is 428 g/mol. The van der Waals surface area contributed by atoms with Crippen LogP contribution in [-0.4, -0.2) is 41.1 Å². The summed E-state index contributed by atoms with van der Waals surface area (Å²) in [6, 6.07) is 11.5. The van der Waals surface area contributed by atoms with Crippen molar-refractivity contribution in [3.63, 3.8) is 0 Å². The second-order valence-corrected chi connectivity index (χ2v) is 8.15. The van der Waals surface area contributed by atoms with Crippen LogP contribution in [0.15, 0.2) is 46.0 Å². The Kier molecular flexibility index (Phi) is 6.36. The van der Waals surface area contributed by atoms with Crippen LogP contribution in [0.5, 0.6) is 11.5 Å². The van der Waals surface area contributed by atoms with E-state index in [4.69, 9.17) is 13.9 Å². The number of methoxy groups -OCH3 is 2. The van der Waals surface area contributed by atoms with Gasteiger partial charge in [-0.2, -0.15) is 0 Å². The number of ether oxygens (including phenoxy) is 2. The van der Waals surface area contributed by atoms with E-state index in [1.807, 2.05) is 43.3 Å². The number of para-hydroxylation sites is 1. The number of H-pyrrole nitrogens is 1. The van der Waals surface area contributed by atoms with Crippen LogP contribution in [-0.2, 0) is 11.3 Å². The van der Waals surface area contributed by atoms with Crippen molar-refractivity contribution in [1.82, 2.24) is 20.5 Å². The van der Waals surface area contributed by atoms with E-state index in [2.05, 4.69) is 27.4 Å². The van der Waals surface area contributed by atoms with Gasteiger partial charge < -0.3 is 24.2 Å². The van der Waals surface area contributed by atoms with Crippen molar-refractivity contribution < 1.29 is 18.7 Å². The molecule has 2 heterocycles. The monoisotopic (exact) mass is 452 g/mol. The standard InChI is InChI=1S/C23H24N4O4S/c1-13-14(2)25-18-9-8-15(10-17(13)18)22-26-27-23(31-22)32-12-20(28)24-11-16-6-5-7-19(29-3)21(16)30-4/h5-10,25H,11-12H2,1-4H3,(H,24,28). The molecular formula is C23H24N4O4S. The smallest absolute Gasteiger partial charge is 0.277 e. The van der Waals surface area contributed by atoms with Crippen LogP contribution in [0.4, 0.5) is 0 Å². The lowest BCUT2D eigenvalue weighted by molar-refractivity contribution is -0.118. The van der Waals surface area contributed by atoms with Crippen LogP contribution >= 0.6 is 11.8 Å². The molecule has 0 radical (unpaired) electrons. The molecule has 9 heteroatoms. The quantitative estimate of drug-likeness (QED) is 0.385. The zero-order chi connectivity index (χ0) is 22.7. The minimum absolute atomic E-state index is 0.153. The molecule has 0 spiro atoms. The summed E-state index contributed by atoms with van der Waals surface area (Å²) < 4.78 is 16.4. The number of nitrogens with one attached hydrogen (secondary N) is 2. The number of rotatable bonds is 8. The SMILES string of the molecule is COc1cccc(CNC(=O)CSc2nnc(-c3ccc4[nH]c(C)c(C)c4c3)o2)c1OC. The number of thioether (sulfide) groups is 1. The third kappa shape index (κ3) is 4.43. The minimum Gasteiger partial charge on any atom is -0.493 e. The predicted molar refractivity (Wildman–Crippen MR) is 123 cm³/mol. The van der Waals surface area contributed by atoms with Gasteiger partial charge in [0.25, 0.3) is 5.22 Å². The van der Waals surface area contributed by atoms with Gasteiger partial charge in [-0.3, -0.25) is 4.79 Å². The van der Waals surface area contributed by atoms with E-state index in [-0.39, 0.29) is 11.7 Å². The Morgan fingerprint density at radius 2 is 2.00 bits per heavy atom. The van der Waals surface area contributed by atoms with Gasteiger partial charge in [0.05, 0.1) is 20.0 Å². The van der Waals surface area contributed by atoms with Gasteiger partial charge in [-0.25, -0.2) is 0 Å². The number of fused-ring (bicyclic) bond motifs is 1. The number of aryl methyl sites for hydroxylation is 2. The molecule has 0 aliphatic carbocycles. The molecule has 4 rings (SSSR count). The summed E-state index contributed by atoms with van der Waals surface area (Å²) in [7, 11) is 3.15. The zero-order valence-electron chi connectivity index (χ0n) is 18.3. The fourth-order valence-electron chi connectivity index (χ4n) is 3.44. The highest BCUT2D eigenvalue weighted by molar-refractivity contribution is 7.99. The molecule has 0 fully saturated rings. The Bertz CT molecular complexity index is 1260. The molecule has 0 bridgehead atoms. The van der Waals surface area contributed by atoms with Gasteiger partial charge in [0.2, 0.25) is 11.8 Å². The highest BCUT2D eigenvalue weighted by Gasteiger charge is 2.14. The first-order chi connectivity index (χ1) is 15.5. The van der Waals surface area contributed by atoms with Gasteiger partial charge in [-0.1, -0.05) is 23.9 Å². The van der Waals surface area contributed by atoms with Crippen molar-refractivity contribution in [3.05, 3.63) is 53.2 Å². The number of carbonyl (C=O) groups is 1. The number of amides is 1. The first kappa shape index (κ1) is 21.8. The zero-order valence-corrected chi connectivity index (χ0v) is 19.1. The maximum atomic E-state index is 12.3. The first-order valence-electron chi connectivity index (χ1n) is 10.0. The van der Waals surface area contributed by atoms with E-state index in [0.29, 0.717) is 29.2 Å². The lowest BCUT2D eigenvalue weighted by Gasteiger charge is -2.12. The van der Waals surface area contributed by atoms with Gasteiger partial charge in [0.15, 0.2) is 11.5 Å². The normalized spacial score (nSPS) is 11.0. The van der Waals surface area contributed by atoms with E-state index >= 15 is 0 Å². The molecule has 2 aromatic carbocycles. The van der Waals surface area contributed by atoms with Crippen LogP contribution in [0.25, 0.3) is 22.4 Å². The summed E-state index contributed by atoms with van der Waals surface area (Å²) in [6.45, 7) is 4.45. The van der Waals surface area contributed by atoms with Crippen LogP contribution < -0.4 is 14.8 Å². The lowest BCUT2D eigenvalue weighted by atomic mass is 10.1. The maximum Gasteiger partial charge on any atom is 0.277 e. The van der Waals surface area contributed by atoms with Crippen molar-refractivity contribution in [2.24, 2.45) is 0 Å². The summed E-state index contributed by atoms with van der Waals surface area (Å²) in [5, 5.41) is 12.5. The predicted octanol–water partition coefficient (Wildman–Crippen LogP) is 4.26. The van der Waals surface area contributed by atoms with Crippen molar-refractivity contribution in [3.8, 4) is 23.0 Å². The molecule has 0 saturated heterocycles. The average Bonchev–Trinajstić information content (AvgIpc) is 3.40. The second kappa shape index (κ2) is 9.35. The Hall–Kier alpha value is -3.46. The molecule has 166 valence electrons. The van der Waals surface area contributed by atoms with E-state index in [0.717, 1.165) is 27.7 Å². The third-order valence-electron chi connectivity index (χ3n) is 5.25. The average molecular weight is 453 g/mol. The van der Waals surface area contributed by atoms with Gasteiger partial charge >= 0.3 is 0 Å². The van der Waals surface area contributed by atoms with Crippen molar-refractivity contribution in [1.29, 1.82) is 0 Å². The van der Waals surface area contributed by atoms with Gasteiger partial charge in [0, 0.05) is 34.3 Å². The van der Waals surface area contributed by atoms with E-state index < -0.39 is 0 Å². The maximum absolute atomic E-state index is 12.3. The lowest BCUT2D eigenvalue weighted by Crippen LogP contribution is -2.24. The van der Waals surface area contributed by atoms with Crippen LogP contribution in [0.3, 0.4) is 0 Å². The molecule has 2 aromatic heterocycles. The molecule has 4 aromatic rings. The third-order valence-corrected chi connectivity index (χ3v) is 6.07. The summed E-state index contributed by atoms with van der Waals surface area (Å²) >= 11 is 1.19. The number of hydrogen-bond donors (Lipinski definition) is 2. The number of aromatic nitrogens is 3. The minimum atomic E-state index is -0.153. The summed E-state index contributed by atoms with van der Waals surface area (Å²) in [6.07, 6.45) is 0. The molecule has 0 unspecified atom stereocenters. The van der Waals surface area contributed by atoms with Gasteiger partial charge in [-0.15, -0.1) is 10.2 Å². The molecule has 32 heavy (non-hydrogen) atoms. The van der Waals surface area contributed by atoms with Crippen molar-refractivity contribution in [2.45, 2.75) is 25.6 Å². The molecule has 0 aliphatic heterocycles. The topological polar surface area (TPSA) is 102 Å². The summed E-state index contributed by atoms with van der Waals surface area (Å²) in [4.78, 5) is 15.7. The first-order valence-corrected chi connectivity index (χ1v) is 11.0. The Morgan fingerprint density at radius 1 is 1.16 bits per heavy atom. The van der Waals surface area contributed by atoms with E-state index in [1.54, 1.807) is 14.2 Å². The molecule has 0 aliphatic rings. The highest BCUT2D eigenvalue weighted by Crippen LogP contribution is 2.31. The summed E-state index contributed by atoms with van der Waals surface area (Å²) in [5.41, 5.74) is 5.07. The fourth-order valence-corrected chi connectivity index (χ4v) is 4.04. The Balaban J connectivity index is 1.36. The number of hydrogen-bond acceptors (Lipinski definition) is 7. The molecule has 2 N–H and O–H groups in total. The van der Waals surface area contributed by atoms with Crippen molar-refractivity contribution >= 4 is 28.6 Å². The number of benzene rings is 2. The van der Waals surface area contributed by atoms with Crippen LogP contribution in [0.2, 0.25) is 0 Å². The van der Waals surface area contributed by atoms with E-state index in [9.17, 15) is 4.79 Å². The Labute approximate surface area is 189 Å². The van der Waals surface area contributed by atoms with Crippen LogP contribution in [0.1, 0.15) is 16.8 Å². The molecule has 8 nitrogen and oxygen atoms in total.